The molecule has 2 heterocycles. The van der Waals surface area contributed by atoms with Crippen LogP contribution in [-0.2, 0) is 9.53 Å². The van der Waals surface area contributed by atoms with Crippen LogP contribution in [0, 0.1) is 11.6 Å². The van der Waals surface area contributed by atoms with Crippen molar-refractivity contribution in [1.82, 2.24) is 14.7 Å². The number of benzene rings is 1. The highest BCUT2D eigenvalue weighted by atomic mass is 19.2. The first kappa shape index (κ1) is 18.2. The number of fused-ring (bicyclic) bond motifs is 1. The van der Waals surface area contributed by atoms with Crippen LogP contribution in [0.3, 0.4) is 0 Å². The fraction of sp³-hybridized carbons (Fsp3) is 0.471. The first-order valence-electron chi connectivity index (χ1n) is 8.29. The molecule has 2 aliphatic heterocycles. The molecule has 0 N–H and O–H groups in total. The minimum absolute atomic E-state index is 0.00496. The predicted octanol–water partition coefficient (Wildman–Crippen LogP) is 1.09. The van der Waals surface area contributed by atoms with Crippen LogP contribution in [-0.4, -0.2) is 78.5 Å². The Morgan fingerprint density at radius 3 is 2.69 bits per heavy atom. The van der Waals surface area contributed by atoms with Crippen LogP contribution >= 0.6 is 0 Å². The van der Waals surface area contributed by atoms with Gasteiger partial charge in [-0.1, -0.05) is 0 Å². The van der Waals surface area contributed by atoms with Crippen LogP contribution in [0.5, 0.6) is 0 Å². The number of hydrogen-bond acceptors (Lipinski definition) is 4. The molecular weight excluding hydrogens is 348 g/mol. The lowest BCUT2D eigenvalue weighted by Crippen LogP contribution is -2.43. The molecule has 0 saturated carbocycles. The fourth-order valence-corrected chi connectivity index (χ4v) is 3.24. The number of methoxy groups -OCH3 is 1. The number of carbonyl (C=O) groups is 3. The maximum Gasteiger partial charge on any atom is 0.327 e. The molecule has 4 amide bonds. The maximum absolute atomic E-state index is 13.4. The zero-order valence-electron chi connectivity index (χ0n) is 14.3. The minimum atomic E-state index is -1.11. The fourth-order valence-electron chi connectivity index (χ4n) is 3.24. The van der Waals surface area contributed by atoms with E-state index in [4.69, 9.17) is 4.74 Å². The van der Waals surface area contributed by atoms with Crippen molar-refractivity contribution < 1.29 is 27.9 Å². The summed E-state index contributed by atoms with van der Waals surface area (Å²) in [6, 6.07) is 1.78. The van der Waals surface area contributed by atoms with Gasteiger partial charge < -0.3 is 14.5 Å². The molecule has 1 aromatic rings. The summed E-state index contributed by atoms with van der Waals surface area (Å²) in [4.78, 5) is 41.6. The van der Waals surface area contributed by atoms with Gasteiger partial charge in [0.1, 0.15) is 6.04 Å². The number of rotatable bonds is 4. The van der Waals surface area contributed by atoms with Gasteiger partial charge in [-0.05, 0) is 24.6 Å². The number of imide groups is 1. The van der Waals surface area contributed by atoms with Crippen molar-refractivity contribution >= 4 is 17.8 Å². The summed E-state index contributed by atoms with van der Waals surface area (Å²) in [7, 11) is 1.48. The topological polar surface area (TPSA) is 70.2 Å². The summed E-state index contributed by atoms with van der Waals surface area (Å²) < 4.78 is 31.4. The van der Waals surface area contributed by atoms with E-state index in [0.29, 0.717) is 19.5 Å². The van der Waals surface area contributed by atoms with Crippen LogP contribution in [0.25, 0.3) is 0 Å². The van der Waals surface area contributed by atoms with Crippen molar-refractivity contribution in [1.29, 1.82) is 0 Å². The second-order valence-electron chi connectivity index (χ2n) is 6.21. The van der Waals surface area contributed by atoms with E-state index < -0.39 is 23.6 Å². The minimum Gasteiger partial charge on any atom is -0.383 e. The van der Waals surface area contributed by atoms with Gasteiger partial charge in [-0.15, -0.1) is 0 Å². The number of hydrogen-bond donors (Lipinski definition) is 0. The molecular formula is C17H19F2N3O4. The van der Waals surface area contributed by atoms with Crippen LogP contribution in [0.15, 0.2) is 18.2 Å². The van der Waals surface area contributed by atoms with Crippen molar-refractivity contribution in [3.63, 3.8) is 0 Å². The third-order valence-electron chi connectivity index (χ3n) is 4.60. The number of halogens is 2. The quantitative estimate of drug-likeness (QED) is 0.747. The Morgan fingerprint density at radius 2 is 2.00 bits per heavy atom. The lowest BCUT2D eigenvalue weighted by Gasteiger charge is -2.23. The van der Waals surface area contributed by atoms with Crippen molar-refractivity contribution in [2.24, 2.45) is 0 Å². The first-order valence-corrected chi connectivity index (χ1v) is 8.29. The van der Waals surface area contributed by atoms with Crippen molar-refractivity contribution in [2.75, 3.05) is 39.9 Å². The molecule has 0 aromatic heterocycles. The highest BCUT2D eigenvalue weighted by molar-refractivity contribution is 6.05. The molecule has 26 heavy (non-hydrogen) atoms. The average Bonchev–Trinajstić information content (AvgIpc) is 2.79. The maximum atomic E-state index is 13.4. The SMILES string of the molecule is COCCN1C(=O)C2CN(C(=O)c3ccc(F)c(F)c3)CCCN2C1=O. The van der Waals surface area contributed by atoms with Gasteiger partial charge in [-0.3, -0.25) is 14.5 Å². The van der Waals surface area contributed by atoms with Crippen LogP contribution in [0.4, 0.5) is 13.6 Å². The number of carbonyl (C=O) groups excluding carboxylic acids is 3. The Morgan fingerprint density at radius 1 is 1.23 bits per heavy atom. The van der Waals surface area contributed by atoms with E-state index in [0.717, 1.165) is 17.0 Å². The number of nitrogens with zero attached hydrogens (tertiary/aromatic N) is 3. The van der Waals surface area contributed by atoms with E-state index in [1.165, 1.54) is 23.0 Å². The Labute approximate surface area is 149 Å². The Hall–Kier alpha value is -2.55. The summed E-state index contributed by atoms with van der Waals surface area (Å²) in [5, 5.41) is 0. The molecule has 7 nitrogen and oxygen atoms in total. The standard InChI is InChI=1S/C17H19F2N3O4/c1-26-8-7-22-16(24)14-10-20(5-2-6-21(14)17(22)25)15(23)11-3-4-12(18)13(19)9-11/h3-4,9,14H,2,5-8,10H2,1H3. The molecule has 0 aliphatic carbocycles. The zero-order valence-corrected chi connectivity index (χ0v) is 14.3. The van der Waals surface area contributed by atoms with Crippen molar-refractivity contribution in [3.8, 4) is 0 Å². The van der Waals surface area contributed by atoms with Crippen LogP contribution in [0.2, 0.25) is 0 Å². The molecule has 2 aliphatic rings. The summed E-state index contributed by atoms with van der Waals surface area (Å²) in [6.45, 7) is 1.07. The van der Waals surface area contributed by atoms with Crippen molar-refractivity contribution in [3.05, 3.63) is 35.4 Å². The Bertz CT molecular complexity index is 743. The van der Waals surface area contributed by atoms with Gasteiger partial charge in [0, 0.05) is 25.8 Å². The summed E-state index contributed by atoms with van der Waals surface area (Å²) in [5.41, 5.74) is 0.00496. The Kier molecular flexibility index (Phi) is 5.17. The Balaban J connectivity index is 1.78. The summed E-state index contributed by atoms with van der Waals surface area (Å²) in [5.74, 6) is -3.02. The number of amides is 4. The zero-order chi connectivity index (χ0) is 18.8. The molecule has 1 unspecified atom stereocenters. The monoisotopic (exact) mass is 367 g/mol. The van der Waals surface area contributed by atoms with E-state index >= 15 is 0 Å². The van der Waals surface area contributed by atoms with E-state index in [1.807, 2.05) is 0 Å². The molecule has 0 radical (unpaired) electrons. The van der Waals surface area contributed by atoms with Gasteiger partial charge in [0.05, 0.1) is 19.7 Å². The van der Waals surface area contributed by atoms with Crippen LogP contribution in [0.1, 0.15) is 16.8 Å². The lowest BCUT2D eigenvalue weighted by molar-refractivity contribution is -0.128. The largest absolute Gasteiger partial charge is 0.383 e. The molecule has 2 saturated heterocycles. The van der Waals surface area contributed by atoms with Gasteiger partial charge in [0.2, 0.25) is 0 Å². The molecule has 9 heteroatoms. The van der Waals surface area contributed by atoms with Gasteiger partial charge in [0.15, 0.2) is 11.6 Å². The normalized spacial score (nSPS) is 20.4. The summed E-state index contributed by atoms with van der Waals surface area (Å²) in [6.07, 6.45) is 0.489. The van der Waals surface area contributed by atoms with E-state index in [-0.39, 0.29) is 37.2 Å². The predicted molar refractivity (Wildman–Crippen MR) is 86.4 cm³/mol. The third-order valence-corrected chi connectivity index (χ3v) is 4.60. The van der Waals surface area contributed by atoms with E-state index in [2.05, 4.69) is 0 Å². The molecule has 0 bridgehead atoms. The molecule has 1 atom stereocenters. The average molecular weight is 367 g/mol. The lowest BCUT2D eigenvalue weighted by atomic mass is 10.1. The first-order chi connectivity index (χ1) is 12.4. The third kappa shape index (κ3) is 3.26. The van der Waals surface area contributed by atoms with E-state index in [9.17, 15) is 23.2 Å². The molecule has 3 rings (SSSR count). The molecule has 2 fully saturated rings. The smallest absolute Gasteiger partial charge is 0.327 e. The van der Waals surface area contributed by atoms with Gasteiger partial charge >= 0.3 is 6.03 Å². The highest BCUT2D eigenvalue weighted by Gasteiger charge is 2.46. The molecule has 1 aromatic carbocycles. The number of ether oxygens (including phenoxy) is 1. The second kappa shape index (κ2) is 7.36. The highest BCUT2D eigenvalue weighted by Crippen LogP contribution is 2.23. The number of urea groups is 1. The molecule has 140 valence electrons. The van der Waals surface area contributed by atoms with Crippen LogP contribution < -0.4 is 0 Å². The molecule has 0 spiro atoms. The van der Waals surface area contributed by atoms with Gasteiger partial charge in [-0.25, -0.2) is 13.6 Å². The summed E-state index contributed by atoms with van der Waals surface area (Å²) >= 11 is 0. The van der Waals surface area contributed by atoms with E-state index in [1.54, 1.807) is 0 Å². The van der Waals surface area contributed by atoms with Gasteiger partial charge in [-0.2, -0.15) is 0 Å². The van der Waals surface area contributed by atoms with Gasteiger partial charge in [0.25, 0.3) is 11.8 Å². The van der Waals surface area contributed by atoms with Crippen molar-refractivity contribution in [2.45, 2.75) is 12.5 Å². The second-order valence-corrected chi connectivity index (χ2v) is 6.21.